The molecule has 0 spiro atoms. The van der Waals surface area contributed by atoms with Crippen molar-refractivity contribution in [3.8, 4) is 5.75 Å². The summed E-state index contributed by atoms with van der Waals surface area (Å²) in [4.78, 5) is 29.1. The first-order valence-electron chi connectivity index (χ1n) is 9.38. The van der Waals surface area contributed by atoms with Gasteiger partial charge < -0.3 is 9.64 Å². The highest BCUT2D eigenvalue weighted by molar-refractivity contribution is 6.60. The number of carbonyl (C=O) groups excluding carboxylic acids is 2. The molecule has 2 aliphatic heterocycles. The lowest BCUT2D eigenvalue weighted by atomic mass is 10.1. The lowest BCUT2D eigenvalue weighted by Crippen LogP contribution is -2.31. The van der Waals surface area contributed by atoms with Crippen LogP contribution in [-0.2, 0) is 9.59 Å². The minimum Gasteiger partial charge on any atom is -0.497 e. The van der Waals surface area contributed by atoms with Crippen LogP contribution < -0.4 is 14.5 Å². The van der Waals surface area contributed by atoms with Gasteiger partial charge in [0.15, 0.2) is 0 Å². The van der Waals surface area contributed by atoms with Crippen molar-refractivity contribution >= 4 is 40.4 Å². The van der Waals surface area contributed by atoms with Crippen molar-refractivity contribution in [3.05, 3.63) is 59.1 Å². The Hall–Kier alpha value is -2.79. The number of benzene rings is 2. The zero-order valence-corrected chi connectivity index (χ0v) is 16.4. The second-order valence-corrected chi connectivity index (χ2v) is 7.31. The number of nitrogens with zero attached hydrogens (tertiary/aromatic N) is 2. The maximum absolute atomic E-state index is 13.0. The van der Waals surface area contributed by atoms with E-state index in [0.717, 1.165) is 23.7 Å². The standard InChI is InChI=1S/C22H21ClN2O3/c1-28-18-11-5-15(6-12-18)19-20(23)22(27)25(21(19)26)17-9-7-16(8-10-17)24-13-3-2-4-14-24/h5-12H,2-4,13-14H2,1H3. The van der Waals surface area contributed by atoms with Gasteiger partial charge in [-0.25, -0.2) is 4.90 Å². The molecule has 2 heterocycles. The fourth-order valence-corrected chi connectivity index (χ4v) is 3.98. The molecule has 0 unspecified atom stereocenters. The summed E-state index contributed by atoms with van der Waals surface area (Å²) in [5.74, 6) is -0.239. The molecular weight excluding hydrogens is 376 g/mol. The molecule has 0 N–H and O–H groups in total. The zero-order chi connectivity index (χ0) is 19.7. The minimum absolute atomic E-state index is 0.0599. The number of rotatable bonds is 4. The van der Waals surface area contributed by atoms with Crippen LogP contribution in [0.5, 0.6) is 5.75 Å². The van der Waals surface area contributed by atoms with Gasteiger partial charge in [0.05, 0.1) is 18.4 Å². The van der Waals surface area contributed by atoms with Crippen molar-refractivity contribution in [1.82, 2.24) is 0 Å². The number of hydrogen-bond acceptors (Lipinski definition) is 4. The molecule has 0 atom stereocenters. The molecule has 0 saturated carbocycles. The number of methoxy groups -OCH3 is 1. The van der Waals surface area contributed by atoms with Crippen LogP contribution in [0.4, 0.5) is 11.4 Å². The van der Waals surface area contributed by atoms with Gasteiger partial charge in [-0.05, 0) is 61.2 Å². The van der Waals surface area contributed by atoms with E-state index in [-0.39, 0.29) is 10.6 Å². The summed E-state index contributed by atoms with van der Waals surface area (Å²) >= 11 is 6.26. The summed E-state index contributed by atoms with van der Waals surface area (Å²) < 4.78 is 5.14. The monoisotopic (exact) mass is 396 g/mol. The van der Waals surface area contributed by atoms with E-state index in [4.69, 9.17) is 16.3 Å². The number of amides is 2. The van der Waals surface area contributed by atoms with E-state index < -0.39 is 11.8 Å². The van der Waals surface area contributed by atoms with E-state index in [1.54, 1.807) is 43.5 Å². The number of carbonyl (C=O) groups is 2. The van der Waals surface area contributed by atoms with Crippen LogP contribution in [0.2, 0.25) is 0 Å². The fraction of sp³-hybridized carbons (Fsp3) is 0.273. The second kappa shape index (κ2) is 7.68. The molecule has 2 aromatic rings. The first kappa shape index (κ1) is 18.6. The number of hydrogen-bond donors (Lipinski definition) is 0. The Labute approximate surface area is 169 Å². The van der Waals surface area contributed by atoms with Gasteiger partial charge in [-0.3, -0.25) is 9.59 Å². The molecule has 0 aliphatic carbocycles. The molecule has 28 heavy (non-hydrogen) atoms. The molecule has 144 valence electrons. The highest BCUT2D eigenvalue weighted by Crippen LogP contribution is 2.36. The van der Waals surface area contributed by atoms with Gasteiger partial charge in [0.1, 0.15) is 10.8 Å². The van der Waals surface area contributed by atoms with Crippen molar-refractivity contribution in [3.63, 3.8) is 0 Å². The Bertz CT molecular complexity index is 929. The summed E-state index contributed by atoms with van der Waals surface area (Å²) in [6.07, 6.45) is 3.65. The Morgan fingerprint density at radius 1 is 0.821 bits per heavy atom. The quantitative estimate of drug-likeness (QED) is 0.726. The maximum atomic E-state index is 13.0. The van der Waals surface area contributed by atoms with Gasteiger partial charge in [-0.2, -0.15) is 0 Å². The van der Waals surface area contributed by atoms with Crippen LogP contribution in [0, 0.1) is 0 Å². The van der Waals surface area contributed by atoms with E-state index in [1.165, 1.54) is 19.3 Å². The van der Waals surface area contributed by atoms with Gasteiger partial charge in [0, 0.05) is 18.8 Å². The van der Waals surface area contributed by atoms with Crippen LogP contribution in [-0.4, -0.2) is 32.0 Å². The van der Waals surface area contributed by atoms with E-state index in [0.29, 0.717) is 17.0 Å². The SMILES string of the molecule is COc1ccc(C2=C(Cl)C(=O)N(c3ccc(N4CCCCC4)cc3)C2=O)cc1. The largest absolute Gasteiger partial charge is 0.497 e. The molecule has 6 heteroatoms. The average molecular weight is 397 g/mol. The molecule has 5 nitrogen and oxygen atoms in total. The highest BCUT2D eigenvalue weighted by atomic mass is 35.5. The van der Waals surface area contributed by atoms with Gasteiger partial charge in [-0.15, -0.1) is 0 Å². The summed E-state index contributed by atoms with van der Waals surface area (Å²) in [6.45, 7) is 2.08. The lowest BCUT2D eigenvalue weighted by Gasteiger charge is -2.29. The molecule has 1 fully saturated rings. The first-order valence-corrected chi connectivity index (χ1v) is 9.76. The number of ether oxygens (including phenoxy) is 1. The van der Waals surface area contributed by atoms with Crippen molar-refractivity contribution < 1.29 is 14.3 Å². The molecule has 1 saturated heterocycles. The van der Waals surface area contributed by atoms with Crippen LogP contribution in [0.25, 0.3) is 5.57 Å². The summed E-state index contributed by atoms with van der Waals surface area (Å²) in [6, 6.07) is 14.5. The van der Waals surface area contributed by atoms with Crippen LogP contribution in [0.3, 0.4) is 0 Å². The number of anilines is 2. The molecule has 0 aromatic heterocycles. The number of imide groups is 1. The number of halogens is 1. The van der Waals surface area contributed by atoms with Crippen molar-refractivity contribution in [2.75, 3.05) is 30.0 Å². The van der Waals surface area contributed by atoms with Crippen molar-refractivity contribution in [1.29, 1.82) is 0 Å². The van der Waals surface area contributed by atoms with Gasteiger partial charge in [0.2, 0.25) is 0 Å². The van der Waals surface area contributed by atoms with E-state index in [1.807, 2.05) is 12.1 Å². The van der Waals surface area contributed by atoms with Crippen LogP contribution in [0.15, 0.2) is 53.6 Å². The lowest BCUT2D eigenvalue weighted by molar-refractivity contribution is -0.119. The van der Waals surface area contributed by atoms with Gasteiger partial charge in [0.25, 0.3) is 11.8 Å². The normalized spacial score (nSPS) is 17.5. The molecule has 4 rings (SSSR count). The van der Waals surface area contributed by atoms with Gasteiger partial charge in [-0.1, -0.05) is 23.7 Å². The smallest absolute Gasteiger partial charge is 0.277 e. The highest BCUT2D eigenvalue weighted by Gasteiger charge is 2.39. The third-order valence-electron chi connectivity index (χ3n) is 5.24. The Morgan fingerprint density at radius 2 is 1.43 bits per heavy atom. The molecule has 2 aromatic carbocycles. The van der Waals surface area contributed by atoms with Gasteiger partial charge >= 0.3 is 0 Å². The minimum atomic E-state index is -0.497. The zero-order valence-electron chi connectivity index (χ0n) is 15.7. The van der Waals surface area contributed by atoms with Crippen LogP contribution in [0.1, 0.15) is 24.8 Å². The summed E-state index contributed by atoms with van der Waals surface area (Å²) in [7, 11) is 1.57. The molecule has 0 bridgehead atoms. The maximum Gasteiger partial charge on any atom is 0.277 e. The Kier molecular flexibility index (Phi) is 5.09. The predicted octanol–water partition coefficient (Wildman–Crippen LogP) is 4.21. The number of piperidine rings is 1. The average Bonchev–Trinajstić information content (AvgIpc) is 2.97. The van der Waals surface area contributed by atoms with E-state index >= 15 is 0 Å². The second-order valence-electron chi connectivity index (χ2n) is 6.93. The van der Waals surface area contributed by atoms with Crippen molar-refractivity contribution in [2.24, 2.45) is 0 Å². The predicted molar refractivity (Wildman–Crippen MR) is 111 cm³/mol. The summed E-state index contributed by atoms with van der Waals surface area (Å²) in [5.41, 5.74) is 2.44. The third-order valence-corrected chi connectivity index (χ3v) is 5.59. The molecule has 2 aliphatic rings. The molecular formula is C22H21ClN2O3. The molecule has 0 radical (unpaired) electrons. The molecule has 2 amide bonds. The van der Waals surface area contributed by atoms with Crippen molar-refractivity contribution in [2.45, 2.75) is 19.3 Å². The summed E-state index contributed by atoms with van der Waals surface area (Å²) in [5, 5.41) is -0.0599. The first-order chi connectivity index (χ1) is 13.6. The Morgan fingerprint density at radius 3 is 2.04 bits per heavy atom. The fourth-order valence-electron chi connectivity index (χ4n) is 3.71. The van der Waals surface area contributed by atoms with E-state index in [9.17, 15) is 9.59 Å². The topological polar surface area (TPSA) is 49.9 Å². The van der Waals surface area contributed by atoms with Crippen LogP contribution >= 0.6 is 11.6 Å². The Balaban J connectivity index is 1.59. The van der Waals surface area contributed by atoms with E-state index in [2.05, 4.69) is 4.90 Å². The third kappa shape index (κ3) is 3.27.